The van der Waals surface area contributed by atoms with E-state index in [1.54, 1.807) is 7.11 Å². The third-order valence-corrected chi connectivity index (χ3v) is 4.25. The predicted molar refractivity (Wildman–Crippen MR) is 82.1 cm³/mol. The van der Waals surface area contributed by atoms with Crippen LogP contribution in [0.25, 0.3) is 0 Å². The van der Waals surface area contributed by atoms with Gasteiger partial charge in [-0.25, -0.2) is 0 Å². The van der Waals surface area contributed by atoms with Crippen LogP contribution in [0.1, 0.15) is 36.8 Å². The zero-order chi connectivity index (χ0) is 15.9. The molecule has 1 amide bonds. The molecule has 120 valence electrons. The number of carbonyl (C=O) groups is 2. The molecule has 1 aromatic rings. The van der Waals surface area contributed by atoms with Crippen LogP contribution >= 0.6 is 0 Å². The second-order valence-corrected chi connectivity index (χ2v) is 5.85. The molecule has 1 aromatic carbocycles. The number of aliphatic carboxylic acids is 1. The average Bonchev–Trinajstić information content (AvgIpc) is 2.54. The Morgan fingerprint density at radius 2 is 1.64 bits per heavy atom. The molecule has 1 aliphatic carbocycles. The zero-order valence-electron chi connectivity index (χ0n) is 12.9. The van der Waals surface area contributed by atoms with Crippen LogP contribution in [-0.2, 0) is 27.5 Å². The maximum absolute atomic E-state index is 12.1. The molecule has 0 aliphatic heterocycles. The van der Waals surface area contributed by atoms with Gasteiger partial charge in [0.15, 0.2) is 0 Å². The second kappa shape index (κ2) is 7.94. The zero-order valence-corrected chi connectivity index (χ0v) is 12.9. The van der Waals surface area contributed by atoms with Crippen molar-refractivity contribution in [3.8, 4) is 0 Å². The molecule has 0 unspecified atom stereocenters. The molecule has 0 radical (unpaired) electrons. The van der Waals surface area contributed by atoms with Gasteiger partial charge in [0.05, 0.1) is 12.5 Å². The lowest BCUT2D eigenvalue weighted by Crippen LogP contribution is -2.34. The van der Waals surface area contributed by atoms with E-state index in [2.05, 4.69) is 5.32 Å². The Morgan fingerprint density at radius 3 is 2.18 bits per heavy atom. The fourth-order valence-corrected chi connectivity index (χ4v) is 2.86. The Balaban J connectivity index is 1.77. The van der Waals surface area contributed by atoms with E-state index in [-0.39, 0.29) is 17.7 Å². The number of hydrogen-bond donors (Lipinski definition) is 2. The highest BCUT2D eigenvalue weighted by atomic mass is 16.5. The van der Waals surface area contributed by atoms with Crippen LogP contribution in [0.5, 0.6) is 0 Å². The van der Waals surface area contributed by atoms with Gasteiger partial charge in [0.2, 0.25) is 5.91 Å². The van der Waals surface area contributed by atoms with Crippen molar-refractivity contribution < 1.29 is 19.4 Å². The quantitative estimate of drug-likeness (QED) is 0.846. The van der Waals surface area contributed by atoms with E-state index in [0.29, 0.717) is 38.8 Å². The van der Waals surface area contributed by atoms with Gasteiger partial charge < -0.3 is 15.2 Å². The van der Waals surface area contributed by atoms with E-state index < -0.39 is 5.97 Å². The molecular formula is C17H23NO4. The smallest absolute Gasteiger partial charge is 0.306 e. The largest absolute Gasteiger partial charge is 0.481 e. The highest BCUT2D eigenvalue weighted by molar-refractivity contribution is 5.79. The number of hydrogen-bond acceptors (Lipinski definition) is 3. The standard InChI is InChI=1S/C17H23NO4/c1-22-11-13-4-2-12(3-5-13)10-18-16(19)14-6-8-15(9-7-14)17(20)21/h2-5,14-15H,6-11H2,1H3,(H,18,19)(H,20,21). The Morgan fingerprint density at radius 1 is 1.09 bits per heavy atom. The molecule has 1 aliphatic rings. The van der Waals surface area contributed by atoms with Crippen LogP contribution in [0, 0.1) is 11.8 Å². The SMILES string of the molecule is COCc1ccc(CNC(=O)C2CCC(C(=O)O)CC2)cc1. The minimum atomic E-state index is -0.741. The van der Waals surface area contributed by atoms with E-state index in [1.165, 1.54) is 0 Å². The van der Waals surface area contributed by atoms with Gasteiger partial charge in [-0.15, -0.1) is 0 Å². The number of methoxy groups -OCH3 is 1. The molecule has 5 nitrogen and oxygen atoms in total. The van der Waals surface area contributed by atoms with Crippen LogP contribution in [0.3, 0.4) is 0 Å². The summed E-state index contributed by atoms with van der Waals surface area (Å²) in [5, 5.41) is 11.9. The van der Waals surface area contributed by atoms with Gasteiger partial charge in [-0.3, -0.25) is 9.59 Å². The number of amides is 1. The van der Waals surface area contributed by atoms with E-state index >= 15 is 0 Å². The molecule has 2 rings (SSSR count). The highest BCUT2D eigenvalue weighted by Crippen LogP contribution is 2.29. The van der Waals surface area contributed by atoms with Gasteiger partial charge in [0.1, 0.15) is 0 Å². The molecule has 0 bridgehead atoms. The van der Waals surface area contributed by atoms with Gasteiger partial charge in [0.25, 0.3) is 0 Å². The van der Waals surface area contributed by atoms with Crippen molar-refractivity contribution in [1.29, 1.82) is 0 Å². The monoisotopic (exact) mass is 305 g/mol. The van der Waals surface area contributed by atoms with Crippen LogP contribution < -0.4 is 5.32 Å². The van der Waals surface area contributed by atoms with E-state index in [0.717, 1.165) is 11.1 Å². The topological polar surface area (TPSA) is 75.6 Å². The number of nitrogens with one attached hydrogen (secondary N) is 1. The fourth-order valence-electron chi connectivity index (χ4n) is 2.86. The first-order chi connectivity index (χ1) is 10.6. The lowest BCUT2D eigenvalue weighted by Gasteiger charge is -2.25. The Labute approximate surface area is 130 Å². The minimum Gasteiger partial charge on any atom is -0.481 e. The van der Waals surface area contributed by atoms with Crippen molar-refractivity contribution in [3.05, 3.63) is 35.4 Å². The molecule has 0 saturated heterocycles. The number of carboxylic acids is 1. The minimum absolute atomic E-state index is 0.0322. The van der Waals surface area contributed by atoms with Gasteiger partial charge in [-0.1, -0.05) is 24.3 Å². The summed E-state index contributed by atoms with van der Waals surface area (Å²) < 4.78 is 5.06. The van der Waals surface area contributed by atoms with Crippen LogP contribution in [0.4, 0.5) is 0 Å². The van der Waals surface area contributed by atoms with Crippen LogP contribution in [0.15, 0.2) is 24.3 Å². The normalized spacial score (nSPS) is 21.3. The van der Waals surface area contributed by atoms with E-state index in [1.807, 2.05) is 24.3 Å². The second-order valence-electron chi connectivity index (χ2n) is 5.85. The lowest BCUT2D eigenvalue weighted by molar-refractivity contribution is -0.144. The molecule has 0 aromatic heterocycles. The molecule has 1 saturated carbocycles. The Hall–Kier alpha value is -1.88. The van der Waals surface area contributed by atoms with Gasteiger partial charge in [-0.2, -0.15) is 0 Å². The summed E-state index contributed by atoms with van der Waals surface area (Å²) in [6, 6.07) is 7.94. The maximum Gasteiger partial charge on any atom is 0.306 e. The molecule has 0 atom stereocenters. The van der Waals surface area contributed by atoms with Gasteiger partial charge >= 0.3 is 5.97 Å². The number of carbonyl (C=O) groups excluding carboxylic acids is 1. The first kappa shape index (κ1) is 16.5. The van der Waals surface area contributed by atoms with Crippen molar-refractivity contribution >= 4 is 11.9 Å². The summed E-state index contributed by atoms with van der Waals surface area (Å²) in [5.41, 5.74) is 2.15. The fraction of sp³-hybridized carbons (Fsp3) is 0.529. The van der Waals surface area contributed by atoms with E-state index in [9.17, 15) is 9.59 Å². The molecule has 0 heterocycles. The maximum atomic E-state index is 12.1. The first-order valence-corrected chi connectivity index (χ1v) is 7.67. The van der Waals surface area contributed by atoms with E-state index in [4.69, 9.17) is 9.84 Å². The molecule has 22 heavy (non-hydrogen) atoms. The number of rotatable bonds is 6. The van der Waals surface area contributed by atoms with Crippen molar-refractivity contribution in [2.24, 2.45) is 11.8 Å². The third-order valence-electron chi connectivity index (χ3n) is 4.25. The van der Waals surface area contributed by atoms with Gasteiger partial charge in [0, 0.05) is 19.6 Å². The molecule has 5 heteroatoms. The average molecular weight is 305 g/mol. The van der Waals surface area contributed by atoms with Crippen LogP contribution in [0.2, 0.25) is 0 Å². The van der Waals surface area contributed by atoms with Crippen LogP contribution in [-0.4, -0.2) is 24.1 Å². The molecule has 1 fully saturated rings. The molecule has 2 N–H and O–H groups in total. The molecular weight excluding hydrogens is 282 g/mol. The molecule has 0 spiro atoms. The summed E-state index contributed by atoms with van der Waals surface area (Å²) in [6.45, 7) is 1.09. The highest BCUT2D eigenvalue weighted by Gasteiger charge is 2.29. The van der Waals surface area contributed by atoms with Crippen molar-refractivity contribution in [3.63, 3.8) is 0 Å². The third kappa shape index (κ3) is 4.56. The van der Waals surface area contributed by atoms with Gasteiger partial charge in [-0.05, 0) is 36.8 Å². The summed E-state index contributed by atoms with van der Waals surface area (Å²) in [4.78, 5) is 23.0. The van der Waals surface area contributed by atoms with Crippen molar-refractivity contribution in [1.82, 2.24) is 5.32 Å². The summed E-state index contributed by atoms with van der Waals surface area (Å²) in [5.74, 6) is -1.04. The Bertz CT molecular complexity index is 504. The summed E-state index contributed by atoms with van der Waals surface area (Å²) in [7, 11) is 1.66. The first-order valence-electron chi connectivity index (χ1n) is 7.67. The number of benzene rings is 1. The lowest BCUT2D eigenvalue weighted by atomic mass is 9.81. The van der Waals surface area contributed by atoms with Crippen molar-refractivity contribution in [2.75, 3.05) is 7.11 Å². The number of ether oxygens (including phenoxy) is 1. The summed E-state index contributed by atoms with van der Waals surface area (Å²) in [6.07, 6.45) is 2.52. The Kier molecular flexibility index (Phi) is 5.95. The predicted octanol–water partition coefficient (Wildman–Crippen LogP) is 2.34. The summed E-state index contributed by atoms with van der Waals surface area (Å²) >= 11 is 0. The number of carboxylic acid groups (broad SMARTS) is 1. The van der Waals surface area contributed by atoms with Crippen molar-refractivity contribution in [2.45, 2.75) is 38.8 Å².